The lowest BCUT2D eigenvalue weighted by Crippen LogP contribution is -2.54. The van der Waals surface area contributed by atoms with Crippen molar-refractivity contribution in [1.29, 1.82) is 0 Å². The van der Waals surface area contributed by atoms with Gasteiger partial charge in [0.1, 0.15) is 5.60 Å². The van der Waals surface area contributed by atoms with Crippen LogP contribution in [0, 0.1) is 0 Å². The van der Waals surface area contributed by atoms with Crippen molar-refractivity contribution in [2.24, 2.45) is 0 Å². The number of nitrogens with one attached hydrogen (secondary N) is 2. The van der Waals surface area contributed by atoms with Crippen LogP contribution >= 0.6 is 0 Å². The zero-order valence-corrected chi connectivity index (χ0v) is 11.4. The van der Waals surface area contributed by atoms with Gasteiger partial charge in [-0.25, -0.2) is 4.79 Å². The number of hydrogen-bond donors (Lipinski definition) is 2. The molecule has 5 nitrogen and oxygen atoms in total. The lowest BCUT2D eigenvalue weighted by molar-refractivity contribution is -0.0920. The fraction of sp³-hybridized carbons (Fsp3) is 0.917. The van der Waals surface area contributed by atoms with Crippen molar-refractivity contribution in [3.63, 3.8) is 0 Å². The summed E-state index contributed by atoms with van der Waals surface area (Å²) in [5.74, 6) is 0. The van der Waals surface area contributed by atoms with Crippen molar-refractivity contribution in [1.82, 2.24) is 10.6 Å². The molecule has 1 heterocycles. The molecule has 5 heteroatoms. The average molecular weight is 244 g/mol. The molecule has 1 aliphatic rings. The van der Waals surface area contributed by atoms with E-state index in [1.807, 2.05) is 34.6 Å². The third-order valence-electron chi connectivity index (χ3n) is 2.28. The molecule has 0 spiro atoms. The van der Waals surface area contributed by atoms with Gasteiger partial charge in [0.15, 0.2) is 0 Å². The second-order valence-electron chi connectivity index (χ2n) is 6.01. The second kappa shape index (κ2) is 5.23. The number of carbonyl (C=O) groups excluding carboxylic acids is 1. The van der Waals surface area contributed by atoms with Crippen LogP contribution in [0.3, 0.4) is 0 Å². The van der Waals surface area contributed by atoms with E-state index in [2.05, 4.69) is 10.6 Å². The van der Waals surface area contributed by atoms with E-state index in [-0.39, 0.29) is 11.7 Å². The topological polar surface area (TPSA) is 59.6 Å². The zero-order valence-electron chi connectivity index (χ0n) is 11.4. The van der Waals surface area contributed by atoms with E-state index < -0.39 is 11.7 Å². The van der Waals surface area contributed by atoms with Crippen molar-refractivity contribution < 1.29 is 14.3 Å². The Balaban J connectivity index is 2.29. The number of ether oxygens (including phenoxy) is 2. The minimum atomic E-state index is -0.463. The summed E-state index contributed by atoms with van der Waals surface area (Å²) < 4.78 is 11.0. The Morgan fingerprint density at radius 1 is 1.53 bits per heavy atom. The first-order valence-corrected chi connectivity index (χ1v) is 6.03. The third kappa shape index (κ3) is 5.89. The van der Waals surface area contributed by atoms with Crippen molar-refractivity contribution in [3.8, 4) is 0 Å². The Hall–Kier alpha value is -0.810. The summed E-state index contributed by atoms with van der Waals surface area (Å²) in [5, 5.41) is 6.00. The van der Waals surface area contributed by atoms with Crippen LogP contribution in [0.5, 0.6) is 0 Å². The molecule has 0 aromatic carbocycles. The Morgan fingerprint density at radius 3 is 2.71 bits per heavy atom. The van der Waals surface area contributed by atoms with Crippen LogP contribution in [0.15, 0.2) is 0 Å². The lowest BCUT2D eigenvalue weighted by Gasteiger charge is -2.36. The van der Waals surface area contributed by atoms with Gasteiger partial charge in [-0.05, 0) is 34.6 Å². The van der Waals surface area contributed by atoms with Gasteiger partial charge in [-0.3, -0.25) is 0 Å². The van der Waals surface area contributed by atoms with Gasteiger partial charge in [-0.2, -0.15) is 0 Å². The first-order valence-electron chi connectivity index (χ1n) is 6.03. The van der Waals surface area contributed by atoms with E-state index in [1.54, 1.807) is 0 Å². The van der Waals surface area contributed by atoms with Crippen LogP contribution in [-0.2, 0) is 9.47 Å². The van der Waals surface area contributed by atoms with Gasteiger partial charge >= 0.3 is 6.09 Å². The number of hydrogen-bond acceptors (Lipinski definition) is 4. The SMILES string of the molecule is CC(C)(C)OC(=O)NC[C@@H]1CNCC(C)(C)O1. The molecule has 1 saturated heterocycles. The molecule has 0 bridgehead atoms. The number of amides is 1. The molecule has 17 heavy (non-hydrogen) atoms. The van der Waals surface area contributed by atoms with Gasteiger partial charge in [0.25, 0.3) is 0 Å². The second-order valence-corrected chi connectivity index (χ2v) is 6.01. The summed E-state index contributed by atoms with van der Waals surface area (Å²) in [6, 6.07) is 0. The largest absolute Gasteiger partial charge is 0.444 e. The maximum absolute atomic E-state index is 11.5. The van der Waals surface area contributed by atoms with Gasteiger partial charge in [-0.1, -0.05) is 0 Å². The highest BCUT2D eigenvalue weighted by molar-refractivity contribution is 5.67. The molecule has 0 aromatic heterocycles. The lowest BCUT2D eigenvalue weighted by atomic mass is 10.1. The summed E-state index contributed by atoms with van der Waals surface area (Å²) >= 11 is 0. The van der Waals surface area contributed by atoms with Crippen LogP contribution in [0.4, 0.5) is 4.79 Å². The average Bonchev–Trinajstić information content (AvgIpc) is 2.10. The monoisotopic (exact) mass is 244 g/mol. The Labute approximate surface area is 103 Å². The van der Waals surface area contributed by atoms with Crippen molar-refractivity contribution >= 4 is 6.09 Å². The first-order chi connectivity index (χ1) is 7.68. The number of alkyl carbamates (subject to hydrolysis) is 1. The van der Waals surface area contributed by atoms with E-state index in [1.165, 1.54) is 0 Å². The normalized spacial score (nSPS) is 24.2. The summed E-state index contributed by atoms with van der Waals surface area (Å²) in [6.07, 6.45) is -0.407. The van der Waals surface area contributed by atoms with Gasteiger partial charge in [0.2, 0.25) is 0 Å². The summed E-state index contributed by atoms with van der Waals surface area (Å²) in [4.78, 5) is 11.5. The summed E-state index contributed by atoms with van der Waals surface area (Å²) in [6.45, 7) is 11.6. The van der Waals surface area contributed by atoms with E-state index in [4.69, 9.17) is 9.47 Å². The predicted molar refractivity (Wildman–Crippen MR) is 66.1 cm³/mol. The van der Waals surface area contributed by atoms with Crippen molar-refractivity contribution in [2.75, 3.05) is 19.6 Å². The molecule has 0 saturated carbocycles. The summed E-state index contributed by atoms with van der Waals surface area (Å²) in [7, 11) is 0. The zero-order chi connectivity index (χ0) is 13.1. The Morgan fingerprint density at radius 2 is 2.18 bits per heavy atom. The van der Waals surface area contributed by atoms with E-state index >= 15 is 0 Å². The minimum Gasteiger partial charge on any atom is -0.444 e. The van der Waals surface area contributed by atoms with E-state index in [0.717, 1.165) is 13.1 Å². The van der Waals surface area contributed by atoms with E-state index in [9.17, 15) is 4.79 Å². The van der Waals surface area contributed by atoms with Crippen LogP contribution < -0.4 is 10.6 Å². The fourth-order valence-electron chi connectivity index (χ4n) is 1.69. The predicted octanol–water partition coefficient (Wildman–Crippen LogP) is 1.28. The minimum absolute atomic E-state index is 0.00808. The molecule has 0 unspecified atom stereocenters. The molecular weight excluding hydrogens is 220 g/mol. The fourth-order valence-corrected chi connectivity index (χ4v) is 1.69. The highest BCUT2D eigenvalue weighted by Crippen LogP contribution is 2.14. The van der Waals surface area contributed by atoms with Gasteiger partial charge < -0.3 is 20.1 Å². The number of carbonyl (C=O) groups is 1. The molecule has 1 amide bonds. The molecule has 0 aliphatic carbocycles. The Kier molecular flexibility index (Phi) is 4.38. The first kappa shape index (κ1) is 14.3. The van der Waals surface area contributed by atoms with Crippen LogP contribution in [0.2, 0.25) is 0 Å². The molecule has 1 atom stereocenters. The molecule has 2 N–H and O–H groups in total. The molecular formula is C12H24N2O3. The summed E-state index contributed by atoms with van der Waals surface area (Å²) in [5.41, 5.74) is -0.645. The maximum atomic E-state index is 11.5. The quantitative estimate of drug-likeness (QED) is 0.768. The highest BCUT2D eigenvalue weighted by Gasteiger charge is 2.28. The highest BCUT2D eigenvalue weighted by atomic mass is 16.6. The molecule has 0 aromatic rings. The molecule has 1 fully saturated rings. The van der Waals surface area contributed by atoms with Crippen LogP contribution in [-0.4, -0.2) is 43.0 Å². The number of morpholine rings is 1. The van der Waals surface area contributed by atoms with Gasteiger partial charge in [0, 0.05) is 19.6 Å². The maximum Gasteiger partial charge on any atom is 0.407 e. The van der Waals surface area contributed by atoms with E-state index in [0.29, 0.717) is 6.54 Å². The molecule has 1 aliphatic heterocycles. The van der Waals surface area contributed by atoms with Crippen LogP contribution in [0.25, 0.3) is 0 Å². The standard InChI is InChI=1S/C12H24N2O3/c1-11(2,3)17-10(15)14-7-9-6-13-8-12(4,5)16-9/h9,13H,6-8H2,1-5H3,(H,14,15)/t9-/m0/s1. The third-order valence-corrected chi connectivity index (χ3v) is 2.28. The molecule has 0 radical (unpaired) electrons. The van der Waals surface area contributed by atoms with Crippen molar-refractivity contribution in [3.05, 3.63) is 0 Å². The number of rotatable bonds is 2. The smallest absolute Gasteiger partial charge is 0.407 e. The van der Waals surface area contributed by atoms with Crippen molar-refractivity contribution in [2.45, 2.75) is 51.9 Å². The van der Waals surface area contributed by atoms with Gasteiger partial charge in [-0.15, -0.1) is 0 Å². The Bertz CT molecular complexity index is 271. The van der Waals surface area contributed by atoms with Crippen LogP contribution in [0.1, 0.15) is 34.6 Å². The van der Waals surface area contributed by atoms with Gasteiger partial charge in [0.05, 0.1) is 11.7 Å². The molecule has 100 valence electrons. The molecule has 1 rings (SSSR count).